The minimum atomic E-state index is -3.31. The van der Waals surface area contributed by atoms with Crippen LogP contribution in [-0.4, -0.2) is 118 Å². The van der Waals surface area contributed by atoms with Gasteiger partial charge in [-0.15, -0.1) is 0 Å². The lowest BCUT2D eigenvalue weighted by Crippen LogP contribution is -2.60. The van der Waals surface area contributed by atoms with Gasteiger partial charge < -0.3 is 50.1 Å². The van der Waals surface area contributed by atoms with Crippen molar-refractivity contribution in [3.63, 3.8) is 0 Å². The quantitative estimate of drug-likeness (QED) is 0.0626. The molecule has 8 atom stereocenters. The van der Waals surface area contributed by atoms with Crippen molar-refractivity contribution in [1.29, 1.82) is 0 Å². The molecular formula is C39H49FN2O13S. The molecule has 56 heavy (non-hydrogen) atoms. The van der Waals surface area contributed by atoms with E-state index in [1.54, 1.807) is 4.90 Å². The van der Waals surface area contributed by atoms with Crippen molar-refractivity contribution >= 4 is 27.6 Å². The molecule has 2 saturated heterocycles. The molecule has 0 bridgehead atoms. The minimum Gasteiger partial charge on any atom is -0.479 e. The highest BCUT2D eigenvalue weighted by atomic mass is 32.2. The van der Waals surface area contributed by atoms with Crippen LogP contribution < -0.4 is 9.62 Å². The van der Waals surface area contributed by atoms with Gasteiger partial charge in [-0.2, -0.15) is 0 Å². The summed E-state index contributed by atoms with van der Waals surface area (Å²) in [5.74, 6) is -2.94. The summed E-state index contributed by atoms with van der Waals surface area (Å²) in [6, 6.07) is 19.5. The molecular weight excluding hydrogens is 755 g/mol. The van der Waals surface area contributed by atoms with Crippen molar-refractivity contribution < 1.29 is 67.6 Å². The Morgan fingerprint density at radius 1 is 0.929 bits per heavy atom. The zero-order valence-electron chi connectivity index (χ0n) is 30.7. The second-order valence-electron chi connectivity index (χ2n) is 14.5. The maximum atomic E-state index is 14.0. The molecule has 0 spiro atoms. The standard InChI is InChI=1S/C39H49FN2O13S/c1-56(52,53)41-20-2-3-23-6-14-28(15-7-23)42-31(26-8-4-24(5-9-26)18-19-39(51,21-43)22-44)29(36(42)48)16-17-30(25-10-12-27(40)13-11-25)54-38-34(47)32(45)33(46)35(55-38)37(49)50/h4-15,29-35,38,41,43-47,51H,2-3,16-22H2,1H3,(H,49,50)/t29-,30+,31-,32+,33+,34-,35+,38-/m1/s1. The van der Waals surface area contributed by atoms with Crippen LogP contribution in [0.5, 0.6) is 0 Å². The van der Waals surface area contributed by atoms with Gasteiger partial charge in [-0.3, -0.25) is 4.79 Å². The second kappa shape index (κ2) is 18.6. The van der Waals surface area contributed by atoms with Crippen LogP contribution in [0.4, 0.5) is 10.1 Å². The van der Waals surface area contributed by atoms with Crippen LogP contribution in [0.2, 0.25) is 0 Å². The Morgan fingerprint density at radius 3 is 2.12 bits per heavy atom. The van der Waals surface area contributed by atoms with E-state index in [1.165, 1.54) is 24.3 Å². The van der Waals surface area contributed by atoms with Gasteiger partial charge in [0.15, 0.2) is 12.4 Å². The fourth-order valence-corrected chi connectivity index (χ4v) is 7.50. The highest BCUT2D eigenvalue weighted by molar-refractivity contribution is 7.88. The Balaban J connectivity index is 1.38. The van der Waals surface area contributed by atoms with Crippen LogP contribution in [0.25, 0.3) is 0 Å². The van der Waals surface area contributed by atoms with Crippen molar-refractivity contribution in [3.8, 4) is 0 Å². The minimum absolute atomic E-state index is 0.106. The van der Waals surface area contributed by atoms with E-state index in [2.05, 4.69) is 4.72 Å². The molecule has 0 saturated carbocycles. The van der Waals surface area contributed by atoms with Crippen molar-refractivity contribution in [3.05, 3.63) is 101 Å². The molecule has 17 heteroatoms. The summed E-state index contributed by atoms with van der Waals surface area (Å²) in [7, 11) is -3.31. The molecule has 2 heterocycles. The van der Waals surface area contributed by atoms with Crippen LogP contribution in [0.1, 0.15) is 60.1 Å². The summed E-state index contributed by atoms with van der Waals surface area (Å²) in [6.45, 7) is -0.923. The number of carboxylic acid groups (broad SMARTS) is 1. The van der Waals surface area contributed by atoms with Gasteiger partial charge in [-0.1, -0.05) is 48.5 Å². The normalized spacial score (nSPS) is 24.8. The van der Waals surface area contributed by atoms with E-state index in [0.29, 0.717) is 30.5 Å². The first-order valence-electron chi connectivity index (χ1n) is 18.3. The monoisotopic (exact) mass is 804 g/mol. The van der Waals surface area contributed by atoms with Crippen LogP contribution in [0, 0.1) is 11.7 Å². The number of carbonyl (C=O) groups excluding carboxylic acids is 1. The number of ether oxygens (including phenoxy) is 2. The molecule has 8 N–H and O–H groups in total. The number of hydrogen-bond donors (Lipinski definition) is 8. The average Bonchev–Trinajstić information content (AvgIpc) is 3.17. The number of amides is 1. The number of rotatable bonds is 19. The van der Waals surface area contributed by atoms with E-state index in [4.69, 9.17) is 9.47 Å². The van der Waals surface area contributed by atoms with Gasteiger partial charge in [0.1, 0.15) is 29.7 Å². The average molecular weight is 805 g/mol. The number of hydrogen-bond acceptors (Lipinski definition) is 12. The number of carbonyl (C=O) groups is 2. The van der Waals surface area contributed by atoms with Gasteiger partial charge in [0.05, 0.1) is 37.5 Å². The van der Waals surface area contributed by atoms with Crippen molar-refractivity contribution in [2.75, 3.05) is 30.9 Å². The number of benzene rings is 3. The molecule has 1 amide bonds. The molecule has 3 aromatic carbocycles. The maximum Gasteiger partial charge on any atom is 0.335 e. The van der Waals surface area contributed by atoms with Gasteiger partial charge in [-0.25, -0.2) is 22.3 Å². The predicted octanol–water partition coefficient (Wildman–Crippen LogP) is 1.09. The van der Waals surface area contributed by atoms with Crippen molar-refractivity contribution in [2.24, 2.45) is 5.92 Å². The third kappa shape index (κ3) is 10.5. The molecule has 306 valence electrons. The molecule has 2 fully saturated rings. The summed E-state index contributed by atoms with van der Waals surface area (Å²) < 4.78 is 50.6. The highest BCUT2D eigenvalue weighted by Crippen LogP contribution is 2.47. The summed E-state index contributed by atoms with van der Waals surface area (Å²) in [6.07, 6.45) is -7.23. The zero-order valence-corrected chi connectivity index (χ0v) is 31.5. The van der Waals surface area contributed by atoms with Gasteiger partial charge in [0.25, 0.3) is 0 Å². The largest absolute Gasteiger partial charge is 0.479 e. The van der Waals surface area contributed by atoms with Crippen LogP contribution >= 0.6 is 0 Å². The van der Waals surface area contributed by atoms with Crippen LogP contribution in [0.15, 0.2) is 72.8 Å². The Kier molecular flexibility index (Phi) is 14.4. The number of carboxylic acids is 1. The lowest BCUT2D eigenvalue weighted by atomic mass is 9.78. The number of aliphatic hydroxyl groups excluding tert-OH is 5. The van der Waals surface area contributed by atoms with E-state index < -0.39 is 89.4 Å². The first kappa shape index (κ1) is 43.2. The van der Waals surface area contributed by atoms with E-state index >= 15 is 0 Å². The maximum absolute atomic E-state index is 14.0. The number of nitrogens with zero attached hydrogens (tertiary/aromatic N) is 1. The number of nitrogens with one attached hydrogen (secondary N) is 1. The lowest BCUT2D eigenvalue weighted by Gasteiger charge is -2.48. The molecule has 0 aliphatic carbocycles. The molecule has 15 nitrogen and oxygen atoms in total. The molecule has 5 rings (SSSR count). The summed E-state index contributed by atoms with van der Waals surface area (Å²) >= 11 is 0. The topological polar surface area (TPSA) is 244 Å². The Bertz CT molecular complexity index is 1880. The van der Waals surface area contributed by atoms with Crippen LogP contribution in [0.3, 0.4) is 0 Å². The molecule has 0 radical (unpaired) electrons. The van der Waals surface area contributed by atoms with E-state index in [1.807, 2.05) is 48.5 Å². The highest BCUT2D eigenvalue weighted by Gasteiger charge is 2.50. The van der Waals surface area contributed by atoms with Crippen LogP contribution in [-0.2, 0) is 41.9 Å². The number of aliphatic carboxylic acids is 1. The summed E-state index contributed by atoms with van der Waals surface area (Å²) in [5, 5.41) is 70.1. The number of aryl methyl sites for hydroxylation is 2. The molecule has 0 aromatic heterocycles. The number of β-lactam (4-membered cyclic amide) rings is 1. The fraction of sp³-hybridized carbons (Fsp3) is 0.487. The van der Waals surface area contributed by atoms with Gasteiger partial charge in [-0.05, 0) is 85.0 Å². The second-order valence-corrected chi connectivity index (χ2v) is 16.3. The fourth-order valence-electron chi connectivity index (χ4n) is 6.99. The van der Waals surface area contributed by atoms with Gasteiger partial charge in [0.2, 0.25) is 15.9 Å². The Labute approximate surface area is 324 Å². The lowest BCUT2D eigenvalue weighted by molar-refractivity contribution is -0.306. The van der Waals surface area contributed by atoms with E-state index in [0.717, 1.165) is 22.9 Å². The number of aliphatic hydroxyl groups is 6. The van der Waals surface area contributed by atoms with Gasteiger partial charge >= 0.3 is 5.97 Å². The van der Waals surface area contributed by atoms with E-state index in [9.17, 15) is 58.1 Å². The molecule has 0 unspecified atom stereocenters. The third-order valence-electron chi connectivity index (χ3n) is 10.3. The van der Waals surface area contributed by atoms with Gasteiger partial charge in [0, 0.05) is 12.2 Å². The molecule has 3 aromatic rings. The summed E-state index contributed by atoms with van der Waals surface area (Å²) in [4.78, 5) is 27.4. The van der Waals surface area contributed by atoms with Crippen molar-refractivity contribution in [2.45, 2.75) is 87.0 Å². The first-order chi connectivity index (χ1) is 26.5. The Hall–Kier alpha value is -3.88. The third-order valence-corrected chi connectivity index (χ3v) is 11.0. The SMILES string of the molecule is CS(=O)(=O)NCCCc1ccc(N2C(=O)[C@H](CC[C@H](O[C@@H]3O[C@H](C(=O)O)[C@@H](O)[C@H](O)[C@H]3O)c3ccc(F)cc3)[C@H]2c2ccc(CCC(O)(CO)CO)cc2)cc1. The predicted molar refractivity (Wildman–Crippen MR) is 199 cm³/mol. The Morgan fingerprint density at radius 2 is 1.54 bits per heavy atom. The first-order valence-corrected chi connectivity index (χ1v) is 20.2. The molecule has 2 aliphatic rings. The number of halogens is 1. The number of sulfonamides is 1. The zero-order chi connectivity index (χ0) is 40.8. The molecule has 2 aliphatic heterocycles. The van der Waals surface area contributed by atoms with Crippen molar-refractivity contribution in [1.82, 2.24) is 4.72 Å². The smallest absolute Gasteiger partial charge is 0.335 e. The van der Waals surface area contributed by atoms with E-state index in [-0.39, 0.29) is 31.7 Å². The number of anilines is 1. The summed E-state index contributed by atoms with van der Waals surface area (Å²) in [5.41, 5.74) is 1.94.